The Morgan fingerprint density at radius 2 is 2.30 bits per heavy atom. The standard InChI is InChI=1S/C13H15BrN4OS/c1-7(15)10-5-4-9(6-11(10)14)20-13-17-16-12(19)18(13)8-2-3-8/h4-8H,2-3,15H2,1H3,(H,16,19)/t7-/m1/s1. The molecular formula is C13H15BrN4OS. The number of hydrogen-bond acceptors (Lipinski definition) is 4. The summed E-state index contributed by atoms with van der Waals surface area (Å²) in [4.78, 5) is 12.8. The molecule has 106 valence electrons. The van der Waals surface area contributed by atoms with Crippen molar-refractivity contribution < 1.29 is 0 Å². The van der Waals surface area contributed by atoms with Crippen LogP contribution in [0.25, 0.3) is 0 Å². The van der Waals surface area contributed by atoms with Gasteiger partial charge in [0, 0.05) is 21.5 Å². The van der Waals surface area contributed by atoms with E-state index in [0.29, 0.717) is 6.04 Å². The second-order valence-electron chi connectivity index (χ2n) is 4.99. The minimum atomic E-state index is -0.124. The van der Waals surface area contributed by atoms with Crippen LogP contribution >= 0.6 is 27.7 Å². The smallest absolute Gasteiger partial charge is 0.324 e. The van der Waals surface area contributed by atoms with Crippen LogP contribution in [0, 0.1) is 0 Å². The van der Waals surface area contributed by atoms with Crippen LogP contribution < -0.4 is 11.4 Å². The molecule has 0 saturated heterocycles. The minimum absolute atomic E-state index is 0.0153. The Hall–Kier alpha value is -1.05. The van der Waals surface area contributed by atoms with Crippen LogP contribution in [0.5, 0.6) is 0 Å². The van der Waals surface area contributed by atoms with Crippen molar-refractivity contribution in [2.45, 2.75) is 41.9 Å². The third-order valence-electron chi connectivity index (χ3n) is 3.26. The predicted octanol–water partition coefficient (Wildman–Crippen LogP) is 2.84. The van der Waals surface area contributed by atoms with Gasteiger partial charge in [0.25, 0.3) is 0 Å². The second-order valence-corrected chi connectivity index (χ2v) is 6.88. The summed E-state index contributed by atoms with van der Waals surface area (Å²) in [5, 5.41) is 7.36. The molecule has 1 aromatic heterocycles. The molecule has 7 heteroatoms. The third kappa shape index (κ3) is 2.70. The monoisotopic (exact) mass is 354 g/mol. The van der Waals surface area contributed by atoms with E-state index in [9.17, 15) is 4.79 Å². The summed E-state index contributed by atoms with van der Waals surface area (Å²) in [5.41, 5.74) is 6.83. The molecule has 1 saturated carbocycles. The summed E-state index contributed by atoms with van der Waals surface area (Å²) in [6, 6.07) is 6.32. The van der Waals surface area contributed by atoms with Crippen LogP contribution in [-0.4, -0.2) is 14.8 Å². The van der Waals surface area contributed by atoms with Crippen LogP contribution in [0.3, 0.4) is 0 Å². The normalized spacial score (nSPS) is 16.4. The molecule has 0 unspecified atom stereocenters. The minimum Gasteiger partial charge on any atom is -0.324 e. The zero-order valence-corrected chi connectivity index (χ0v) is 13.4. The first-order valence-electron chi connectivity index (χ1n) is 6.46. The van der Waals surface area contributed by atoms with E-state index in [1.807, 2.05) is 25.1 Å². The Bertz CT molecular complexity index is 690. The van der Waals surface area contributed by atoms with Gasteiger partial charge in [0.05, 0.1) is 0 Å². The number of nitrogens with one attached hydrogen (secondary N) is 1. The molecule has 1 aliphatic rings. The fourth-order valence-corrected chi connectivity index (χ4v) is 3.90. The molecule has 20 heavy (non-hydrogen) atoms. The predicted molar refractivity (Wildman–Crippen MR) is 82.0 cm³/mol. The lowest BCUT2D eigenvalue weighted by molar-refractivity contribution is 0.642. The van der Waals surface area contributed by atoms with Crippen molar-refractivity contribution in [2.24, 2.45) is 5.73 Å². The van der Waals surface area contributed by atoms with E-state index in [0.717, 1.165) is 32.9 Å². The highest BCUT2D eigenvalue weighted by atomic mass is 79.9. The van der Waals surface area contributed by atoms with E-state index in [1.165, 1.54) is 11.8 Å². The van der Waals surface area contributed by atoms with Crippen molar-refractivity contribution in [3.05, 3.63) is 38.7 Å². The number of halogens is 1. The largest absolute Gasteiger partial charge is 0.344 e. The van der Waals surface area contributed by atoms with Gasteiger partial charge in [-0.3, -0.25) is 4.57 Å². The highest BCUT2D eigenvalue weighted by Gasteiger charge is 2.28. The van der Waals surface area contributed by atoms with Crippen molar-refractivity contribution in [3.8, 4) is 0 Å². The number of benzene rings is 1. The SMILES string of the molecule is C[C@@H](N)c1ccc(Sc2n[nH]c(=O)n2C2CC2)cc1Br. The van der Waals surface area contributed by atoms with Gasteiger partial charge in [0.15, 0.2) is 5.16 Å². The maximum absolute atomic E-state index is 11.7. The molecule has 1 aromatic carbocycles. The molecule has 5 nitrogen and oxygen atoms in total. The van der Waals surface area contributed by atoms with Crippen LogP contribution in [0.4, 0.5) is 0 Å². The van der Waals surface area contributed by atoms with Gasteiger partial charge >= 0.3 is 5.69 Å². The van der Waals surface area contributed by atoms with Gasteiger partial charge in [-0.15, -0.1) is 5.10 Å². The summed E-state index contributed by atoms with van der Waals surface area (Å²) >= 11 is 5.02. The van der Waals surface area contributed by atoms with Gasteiger partial charge in [0.2, 0.25) is 0 Å². The molecule has 2 aromatic rings. The highest BCUT2D eigenvalue weighted by molar-refractivity contribution is 9.10. The average Bonchev–Trinajstić information content (AvgIpc) is 3.15. The van der Waals surface area contributed by atoms with Gasteiger partial charge < -0.3 is 5.73 Å². The molecule has 1 aliphatic carbocycles. The fourth-order valence-electron chi connectivity index (χ4n) is 2.06. The Kier molecular flexibility index (Phi) is 3.74. The molecule has 0 spiro atoms. The van der Waals surface area contributed by atoms with E-state index in [1.54, 1.807) is 4.57 Å². The fraction of sp³-hybridized carbons (Fsp3) is 0.385. The van der Waals surface area contributed by atoms with Crippen LogP contribution in [0.1, 0.15) is 37.4 Å². The number of rotatable bonds is 4. The molecule has 0 amide bonds. The third-order valence-corrected chi connectivity index (χ3v) is 4.90. The summed E-state index contributed by atoms with van der Waals surface area (Å²) in [7, 11) is 0. The van der Waals surface area contributed by atoms with Crippen molar-refractivity contribution >= 4 is 27.7 Å². The van der Waals surface area contributed by atoms with Crippen LogP contribution in [0.2, 0.25) is 0 Å². The Labute approximate surface area is 129 Å². The average molecular weight is 355 g/mol. The molecule has 1 fully saturated rings. The Morgan fingerprint density at radius 1 is 1.55 bits per heavy atom. The second kappa shape index (κ2) is 5.38. The summed E-state index contributed by atoms with van der Waals surface area (Å²) in [5.74, 6) is 0. The first kappa shape index (κ1) is 13.9. The first-order valence-corrected chi connectivity index (χ1v) is 8.07. The molecule has 0 radical (unpaired) electrons. The topological polar surface area (TPSA) is 76.7 Å². The first-order chi connectivity index (χ1) is 9.56. The van der Waals surface area contributed by atoms with E-state index >= 15 is 0 Å². The van der Waals surface area contributed by atoms with Gasteiger partial charge in [0.1, 0.15) is 0 Å². The number of hydrogen-bond donors (Lipinski definition) is 2. The van der Waals surface area contributed by atoms with Crippen molar-refractivity contribution in [1.29, 1.82) is 0 Å². The van der Waals surface area contributed by atoms with Gasteiger partial charge in [-0.1, -0.05) is 22.0 Å². The van der Waals surface area contributed by atoms with E-state index in [4.69, 9.17) is 5.73 Å². The Morgan fingerprint density at radius 3 is 2.90 bits per heavy atom. The van der Waals surface area contributed by atoms with Crippen LogP contribution in [-0.2, 0) is 0 Å². The van der Waals surface area contributed by atoms with E-state index < -0.39 is 0 Å². The number of aromatic nitrogens is 3. The molecule has 0 bridgehead atoms. The molecule has 3 N–H and O–H groups in total. The van der Waals surface area contributed by atoms with Crippen molar-refractivity contribution in [2.75, 3.05) is 0 Å². The number of aromatic amines is 1. The van der Waals surface area contributed by atoms with E-state index in [-0.39, 0.29) is 11.7 Å². The maximum atomic E-state index is 11.7. The highest BCUT2D eigenvalue weighted by Crippen LogP contribution is 2.38. The maximum Gasteiger partial charge on any atom is 0.344 e. The van der Waals surface area contributed by atoms with Gasteiger partial charge in [-0.2, -0.15) is 0 Å². The zero-order chi connectivity index (χ0) is 14.3. The van der Waals surface area contributed by atoms with Gasteiger partial charge in [-0.25, -0.2) is 9.89 Å². The number of nitrogens with two attached hydrogens (primary N) is 1. The lowest BCUT2D eigenvalue weighted by Gasteiger charge is -2.10. The lowest BCUT2D eigenvalue weighted by atomic mass is 10.1. The molecule has 1 atom stereocenters. The number of nitrogens with zero attached hydrogens (tertiary/aromatic N) is 2. The van der Waals surface area contributed by atoms with Gasteiger partial charge in [-0.05, 0) is 49.2 Å². The molecule has 3 rings (SSSR count). The van der Waals surface area contributed by atoms with Crippen LogP contribution in [0.15, 0.2) is 37.5 Å². The summed E-state index contributed by atoms with van der Waals surface area (Å²) < 4.78 is 2.73. The molecule has 1 heterocycles. The molecule has 0 aliphatic heterocycles. The van der Waals surface area contributed by atoms with Crippen molar-refractivity contribution in [3.63, 3.8) is 0 Å². The quantitative estimate of drug-likeness (QED) is 0.884. The molecular weight excluding hydrogens is 340 g/mol. The summed E-state index contributed by atoms with van der Waals surface area (Å²) in [6.07, 6.45) is 2.11. The zero-order valence-electron chi connectivity index (χ0n) is 11.0. The van der Waals surface area contributed by atoms with E-state index in [2.05, 4.69) is 26.1 Å². The Balaban J connectivity index is 1.88. The van der Waals surface area contributed by atoms with Crippen molar-refractivity contribution in [1.82, 2.24) is 14.8 Å². The summed E-state index contributed by atoms with van der Waals surface area (Å²) in [6.45, 7) is 1.95. The number of H-pyrrole nitrogens is 1. The lowest BCUT2D eigenvalue weighted by Crippen LogP contribution is -2.16.